The molecule has 1 atom stereocenters. The van der Waals surface area contributed by atoms with E-state index in [2.05, 4.69) is 11.5 Å². The van der Waals surface area contributed by atoms with E-state index in [9.17, 15) is 0 Å². The lowest BCUT2D eigenvalue weighted by molar-refractivity contribution is 0.356. The van der Waals surface area contributed by atoms with Crippen LogP contribution in [0.15, 0.2) is 34.9 Å². The molecule has 94 valence electrons. The van der Waals surface area contributed by atoms with Gasteiger partial charge in [-0.25, -0.2) is 5.43 Å². The molecule has 1 aromatic carbocycles. The smallest absolute Gasteiger partial charge is 0.129 e. The number of furan rings is 1. The lowest BCUT2D eigenvalue weighted by Gasteiger charge is -2.15. The van der Waals surface area contributed by atoms with E-state index in [1.54, 1.807) is 6.26 Å². The van der Waals surface area contributed by atoms with Crippen LogP contribution in [0.2, 0.25) is 0 Å². The third kappa shape index (κ3) is 1.79. The van der Waals surface area contributed by atoms with Gasteiger partial charge in [0.2, 0.25) is 0 Å². The van der Waals surface area contributed by atoms with E-state index in [1.165, 1.54) is 5.56 Å². The van der Waals surface area contributed by atoms with Crippen LogP contribution in [0.4, 0.5) is 0 Å². The second-order valence-electron chi connectivity index (χ2n) is 4.53. The minimum Gasteiger partial charge on any atom is -0.493 e. The molecule has 18 heavy (non-hydrogen) atoms. The fourth-order valence-electron chi connectivity index (χ4n) is 2.39. The normalized spacial score (nSPS) is 15.2. The van der Waals surface area contributed by atoms with E-state index >= 15 is 0 Å². The first-order valence-corrected chi connectivity index (χ1v) is 6.05. The maximum Gasteiger partial charge on any atom is 0.129 e. The van der Waals surface area contributed by atoms with Gasteiger partial charge in [-0.2, -0.15) is 0 Å². The zero-order chi connectivity index (χ0) is 12.5. The Kier molecular flexibility index (Phi) is 2.81. The molecule has 2 heterocycles. The molecule has 2 aromatic rings. The molecule has 1 aromatic heterocycles. The Morgan fingerprint density at radius 3 is 2.94 bits per heavy atom. The lowest BCUT2D eigenvalue weighted by atomic mass is 9.99. The number of hydrogen-bond acceptors (Lipinski definition) is 4. The highest BCUT2D eigenvalue weighted by Gasteiger charge is 2.20. The minimum atomic E-state index is -0.120. The summed E-state index contributed by atoms with van der Waals surface area (Å²) in [6, 6.07) is 7.98. The summed E-state index contributed by atoms with van der Waals surface area (Å²) in [6.07, 6.45) is 2.64. The Labute approximate surface area is 106 Å². The van der Waals surface area contributed by atoms with Crippen LogP contribution in [-0.2, 0) is 6.42 Å². The van der Waals surface area contributed by atoms with Crippen molar-refractivity contribution in [3.05, 3.63) is 53.0 Å². The SMILES string of the molecule is Cc1ccoc1C(NN)c1ccc2c(c1)CCO2. The number of rotatable bonds is 3. The van der Waals surface area contributed by atoms with Crippen LogP contribution in [0, 0.1) is 6.92 Å². The summed E-state index contributed by atoms with van der Waals surface area (Å²) < 4.78 is 11.0. The molecule has 3 rings (SSSR count). The van der Waals surface area contributed by atoms with Crippen LogP contribution in [0.25, 0.3) is 0 Å². The average molecular weight is 244 g/mol. The third-order valence-corrected chi connectivity index (χ3v) is 3.38. The van der Waals surface area contributed by atoms with Gasteiger partial charge in [-0.1, -0.05) is 6.07 Å². The highest BCUT2D eigenvalue weighted by molar-refractivity contribution is 5.42. The number of ether oxygens (including phenoxy) is 1. The highest BCUT2D eigenvalue weighted by atomic mass is 16.5. The lowest BCUT2D eigenvalue weighted by Crippen LogP contribution is -2.29. The molecule has 0 saturated heterocycles. The van der Waals surface area contributed by atoms with E-state index in [1.807, 2.05) is 25.1 Å². The number of nitrogens with one attached hydrogen (secondary N) is 1. The number of hydrazine groups is 1. The zero-order valence-corrected chi connectivity index (χ0v) is 10.3. The van der Waals surface area contributed by atoms with Crippen molar-refractivity contribution >= 4 is 0 Å². The van der Waals surface area contributed by atoms with Gasteiger partial charge in [0.05, 0.1) is 12.9 Å². The first kappa shape index (κ1) is 11.3. The van der Waals surface area contributed by atoms with Crippen molar-refractivity contribution in [1.82, 2.24) is 5.43 Å². The Bertz CT molecular complexity index is 563. The summed E-state index contributed by atoms with van der Waals surface area (Å²) in [5.41, 5.74) is 6.24. The molecule has 3 N–H and O–H groups in total. The monoisotopic (exact) mass is 244 g/mol. The van der Waals surface area contributed by atoms with Crippen molar-refractivity contribution < 1.29 is 9.15 Å². The largest absolute Gasteiger partial charge is 0.493 e. The van der Waals surface area contributed by atoms with Crippen LogP contribution in [0.3, 0.4) is 0 Å². The van der Waals surface area contributed by atoms with E-state index < -0.39 is 0 Å². The van der Waals surface area contributed by atoms with Gasteiger partial charge in [0.1, 0.15) is 17.6 Å². The van der Waals surface area contributed by atoms with Crippen LogP contribution in [0.5, 0.6) is 5.75 Å². The Morgan fingerprint density at radius 2 is 2.22 bits per heavy atom. The molecule has 4 nitrogen and oxygen atoms in total. The Balaban J connectivity index is 2.00. The number of aryl methyl sites for hydroxylation is 1. The number of hydrogen-bond donors (Lipinski definition) is 2. The van der Waals surface area contributed by atoms with Crippen molar-refractivity contribution in [1.29, 1.82) is 0 Å². The third-order valence-electron chi connectivity index (χ3n) is 3.38. The van der Waals surface area contributed by atoms with Gasteiger partial charge in [-0.3, -0.25) is 5.84 Å². The quantitative estimate of drug-likeness (QED) is 0.641. The van der Waals surface area contributed by atoms with Crippen molar-refractivity contribution in [2.75, 3.05) is 6.61 Å². The molecule has 0 saturated carbocycles. The van der Waals surface area contributed by atoms with Gasteiger partial charge in [0, 0.05) is 6.42 Å². The summed E-state index contributed by atoms with van der Waals surface area (Å²) in [5, 5.41) is 0. The van der Waals surface area contributed by atoms with Gasteiger partial charge >= 0.3 is 0 Å². The van der Waals surface area contributed by atoms with E-state index in [0.717, 1.165) is 35.7 Å². The van der Waals surface area contributed by atoms with Crippen molar-refractivity contribution in [2.45, 2.75) is 19.4 Å². The molecular weight excluding hydrogens is 228 g/mol. The van der Waals surface area contributed by atoms with Crippen LogP contribution < -0.4 is 16.0 Å². The number of fused-ring (bicyclic) bond motifs is 1. The predicted octanol–water partition coefficient (Wildman–Crippen LogP) is 2.08. The Morgan fingerprint density at radius 1 is 1.33 bits per heavy atom. The molecule has 0 amide bonds. The van der Waals surface area contributed by atoms with Gasteiger partial charge in [-0.15, -0.1) is 0 Å². The first-order valence-electron chi connectivity index (χ1n) is 6.05. The van der Waals surface area contributed by atoms with Gasteiger partial charge in [-0.05, 0) is 41.8 Å². The second kappa shape index (κ2) is 4.48. The highest BCUT2D eigenvalue weighted by Crippen LogP contribution is 2.31. The average Bonchev–Trinajstić information content (AvgIpc) is 2.99. The molecule has 0 aliphatic carbocycles. The topological polar surface area (TPSA) is 60.4 Å². The van der Waals surface area contributed by atoms with Gasteiger partial charge < -0.3 is 9.15 Å². The minimum absolute atomic E-state index is 0.120. The fraction of sp³-hybridized carbons (Fsp3) is 0.286. The molecule has 0 spiro atoms. The van der Waals surface area contributed by atoms with Crippen molar-refractivity contribution in [3.8, 4) is 5.75 Å². The first-order chi connectivity index (χ1) is 8.79. The van der Waals surface area contributed by atoms with Gasteiger partial charge in [0.25, 0.3) is 0 Å². The molecule has 0 radical (unpaired) electrons. The summed E-state index contributed by atoms with van der Waals surface area (Å²) in [6.45, 7) is 2.78. The number of nitrogens with two attached hydrogens (primary N) is 1. The summed E-state index contributed by atoms with van der Waals surface area (Å²) in [7, 11) is 0. The van der Waals surface area contributed by atoms with Crippen molar-refractivity contribution in [2.24, 2.45) is 5.84 Å². The van der Waals surface area contributed by atoms with Crippen molar-refractivity contribution in [3.63, 3.8) is 0 Å². The van der Waals surface area contributed by atoms with E-state index in [-0.39, 0.29) is 6.04 Å². The second-order valence-corrected chi connectivity index (χ2v) is 4.53. The molecule has 0 fully saturated rings. The molecule has 1 aliphatic rings. The molecular formula is C14H16N2O2. The van der Waals surface area contributed by atoms with Crippen LogP contribution in [-0.4, -0.2) is 6.61 Å². The standard InChI is InChI=1S/C14H16N2O2/c1-9-4-6-18-14(9)13(16-15)11-2-3-12-10(8-11)5-7-17-12/h2-4,6,8,13,16H,5,7,15H2,1H3. The maximum atomic E-state index is 5.67. The number of benzene rings is 1. The molecule has 4 heteroatoms. The Hall–Kier alpha value is -1.78. The maximum absolute atomic E-state index is 5.67. The summed E-state index contributed by atoms with van der Waals surface area (Å²) >= 11 is 0. The molecule has 1 aliphatic heterocycles. The molecule has 1 unspecified atom stereocenters. The zero-order valence-electron chi connectivity index (χ0n) is 10.3. The van der Waals surface area contributed by atoms with E-state index in [0.29, 0.717) is 0 Å². The van der Waals surface area contributed by atoms with Crippen LogP contribution in [0.1, 0.15) is 28.5 Å². The summed E-state index contributed by atoms with van der Waals surface area (Å²) in [5.74, 6) is 7.50. The van der Waals surface area contributed by atoms with E-state index in [4.69, 9.17) is 15.0 Å². The molecule has 0 bridgehead atoms. The van der Waals surface area contributed by atoms with Gasteiger partial charge in [0.15, 0.2) is 0 Å². The predicted molar refractivity (Wildman–Crippen MR) is 68.3 cm³/mol. The fourth-order valence-corrected chi connectivity index (χ4v) is 2.39. The summed E-state index contributed by atoms with van der Waals surface area (Å²) in [4.78, 5) is 0. The van der Waals surface area contributed by atoms with Crippen LogP contribution >= 0.6 is 0 Å².